The van der Waals surface area contributed by atoms with Crippen molar-refractivity contribution in [3.05, 3.63) is 36.4 Å². The van der Waals surface area contributed by atoms with Gasteiger partial charge < -0.3 is 22.9 Å². The Hall–Kier alpha value is -2.30. The first-order chi connectivity index (χ1) is 8.06. The van der Waals surface area contributed by atoms with Crippen LogP contribution in [0.4, 0.5) is 22.7 Å². The highest BCUT2D eigenvalue weighted by molar-refractivity contribution is 6.67. The number of nitrogens with two attached hydrogens (primary N) is 4. The maximum atomic E-state index is 5.74. The van der Waals surface area contributed by atoms with E-state index < -0.39 is 0 Å². The van der Waals surface area contributed by atoms with Gasteiger partial charge >= 0.3 is 0 Å². The van der Waals surface area contributed by atoms with Crippen molar-refractivity contribution >= 4 is 41.0 Å². The summed E-state index contributed by atoms with van der Waals surface area (Å²) in [6, 6.07) is 11.0. The Kier molecular flexibility index (Phi) is 2.83. The lowest BCUT2D eigenvalue weighted by Gasteiger charge is -2.06. The normalized spacial score (nSPS) is 10.1. The highest BCUT2D eigenvalue weighted by Gasteiger charge is 2.03. The molecule has 0 saturated carbocycles. The molecule has 0 aromatic heterocycles. The molecule has 2 rings (SSSR count). The second kappa shape index (κ2) is 4.29. The molecule has 2 aromatic carbocycles. The predicted octanol–water partition coefficient (Wildman–Crippen LogP) is -0.330. The summed E-state index contributed by atoms with van der Waals surface area (Å²) >= 11 is 0. The largest absolute Gasteiger partial charge is 0.397 e. The van der Waals surface area contributed by atoms with Crippen LogP contribution in [-0.4, -0.2) is 7.28 Å². The maximum Gasteiger partial charge on any atom is 0.191 e. The fourth-order valence-corrected chi connectivity index (χ4v) is 1.56. The monoisotopic (exact) mass is 225 g/mol. The molecule has 0 saturated heterocycles. The molecule has 0 atom stereocenters. The third-order valence-corrected chi connectivity index (χ3v) is 2.56. The van der Waals surface area contributed by atoms with E-state index in [0.29, 0.717) is 22.7 Å². The van der Waals surface area contributed by atoms with E-state index in [1.807, 2.05) is 31.5 Å². The molecule has 0 spiro atoms. The molecule has 0 aliphatic rings. The van der Waals surface area contributed by atoms with Gasteiger partial charge in [-0.3, -0.25) is 0 Å². The van der Waals surface area contributed by atoms with E-state index in [2.05, 4.69) is 0 Å². The van der Waals surface area contributed by atoms with Crippen LogP contribution in [0.5, 0.6) is 0 Å². The van der Waals surface area contributed by atoms with Gasteiger partial charge in [-0.25, -0.2) is 0 Å². The summed E-state index contributed by atoms with van der Waals surface area (Å²) in [5.41, 5.74) is 27.0. The Morgan fingerprint density at radius 3 is 1.35 bits per heavy atom. The molecule has 2 aromatic rings. The Morgan fingerprint density at radius 2 is 1.00 bits per heavy atom. The summed E-state index contributed by atoms with van der Waals surface area (Å²) in [4.78, 5) is 0. The number of hydrogen-bond acceptors (Lipinski definition) is 4. The fraction of sp³-hybridized carbons (Fsp3) is 0. The number of rotatable bonds is 2. The predicted molar refractivity (Wildman–Crippen MR) is 75.6 cm³/mol. The van der Waals surface area contributed by atoms with Crippen molar-refractivity contribution < 1.29 is 0 Å². The van der Waals surface area contributed by atoms with Gasteiger partial charge in [-0.2, -0.15) is 0 Å². The molecule has 4 nitrogen and oxygen atoms in total. The summed E-state index contributed by atoms with van der Waals surface area (Å²) in [7, 11) is 1.96. The zero-order chi connectivity index (χ0) is 12.4. The third-order valence-electron chi connectivity index (χ3n) is 2.56. The van der Waals surface area contributed by atoms with Gasteiger partial charge in [0.05, 0.1) is 22.7 Å². The zero-order valence-corrected chi connectivity index (χ0v) is 9.35. The molecular formula is C12H14BN4. The molecule has 0 heterocycles. The van der Waals surface area contributed by atoms with Gasteiger partial charge in [0.25, 0.3) is 0 Å². The van der Waals surface area contributed by atoms with Crippen molar-refractivity contribution in [2.75, 3.05) is 22.9 Å². The average Bonchev–Trinajstić information content (AvgIpc) is 2.29. The molecule has 85 valence electrons. The molecule has 1 radical (unpaired) electrons. The molecule has 0 fully saturated rings. The van der Waals surface area contributed by atoms with Crippen molar-refractivity contribution in [2.24, 2.45) is 0 Å². The molecular weight excluding hydrogens is 211 g/mol. The van der Waals surface area contributed by atoms with Gasteiger partial charge in [-0.1, -0.05) is 23.1 Å². The van der Waals surface area contributed by atoms with Crippen LogP contribution >= 0.6 is 0 Å². The van der Waals surface area contributed by atoms with Crippen molar-refractivity contribution in [1.29, 1.82) is 0 Å². The Bertz CT molecular complexity index is 505. The Labute approximate surface area is 101 Å². The van der Waals surface area contributed by atoms with Gasteiger partial charge in [0.1, 0.15) is 0 Å². The first-order valence-electron chi connectivity index (χ1n) is 5.21. The number of anilines is 4. The number of hydrogen-bond donors (Lipinski definition) is 4. The first-order valence-corrected chi connectivity index (χ1v) is 5.21. The van der Waals surface area contributed by atoms with E-state index in [1.165, 1.54) is 0 Å². The quantitative estimate of drug-likeness (QED) is 0.415. The van der Waals surface area contributed by atoms with Crippen LogP contribution in [0, 0.1) is 0 Å². The summed E-state index contributed by atoms with van der Waals surface area (Å²) in [6.45, 7) is 0. The summed E-state index contributed by atoms with van der Waals surface area (Å²) in [5, 5.41) is 0. The molecule has 0 unspecified atom stereocenters. The van der Waals surface area contributed by atoms with Crippen LogP contribution in [0.25, 0.3) is 0 Å². The standard InChI is InChI=1S/C12H14BN4/c14-9-3-1-7(5-11(9)16)13-8-2-4-10(15)12(17)6-8/h1-6H,14-17H2. The fourth-order valence-electron chi connectivity index (χ4n) is 1.56. The van der Waals surface area contributed by atoms with Crippen LogP contribution in [0.2, 0.25) is 0 Å². The molecule has 0 aliphatic heterocycles. The summed E-state index contributed by atoms with van der Waals surface area (Å²) in [5.74, 6) is 0. The van der Waals surface area contributed by atoms with E-state index in [1.54, 1.807) is 12.1 Å². The lowest BCUT2D eigenvalue weighted by molar-refractivity contribution is 1.68. The van der Waals surface area contributed by atoms with E-state index >= 15 is 0 Å². The Morgan fingerprint density at radius 1 is 0.588 bits per heavy atom. The SMILES string of the molecule is Nc1ccc([B]c2ccc(N)c(N)c2)cc1N. The van der Waals surface area contributed by atoms with Gasteiger partial charge in [-0.15, -0.1) is 0 Å². The minimum Gasteiger partial charge on any atom is -0.397 e. The second-order valence-corrected chi connectivity index (χ2v) is 3.92. The minimum atomic E-state index is 0.571. The van der Waals surface area contributed by atoms with E-state index in [9.17, 15) is 0 Å². The molecule has 8 N–H and O–H groups in total. The summed E-state index contributed by atoms with van der Waals surface area (Å²) in [6.07, 6.45) is 0. The highest BCUT2D eigenvalue weighted by Crippen LogP contribution is 2.11. The van der Waals surface area contributed by atoms with Crippen LogP contribution in [0.3, 0.4) is 0 Å². The van der Waals surface area contributed by atoms with Gasteiger partial charge in [0, 0.05) is 0 Å². The van der Waals surface area contributed by atoms with E-state index in [-0.39, 0.29) is 0 Å². The van der Waals surface area contributed by atoms with Crippen molar-refractivity contribution in [1.82, 2.24) is 0 Å². The van der Waals surface area contributed by atoms with Crippen LogP contribution in [-0.2, 0) is 0 Å². The van der Waals surface area contributed by atoms with Crippen LogP contribution in [0.15, 0.2) is 36.4 Å². The molecule has 0 bridgehead atoms. The third kappa shape index (κ3) is 2.45. The molecule has 0 aliphatic carbocycles. The summed E-state index contributed by atoms with van der Waals surface area (Å²) < 4.78 is 0. The van der Waals surface area contributed by atoms with E-state index in [0.717, 1.165) is 10.9 Å². The molecule has 5 heteroatoms. The lowest BCUT2D eigenvalue weighted by Crippen LogP contribution is -2.27. The van der Waals surface area contributed by atoms with E-state index in [4.69, 9.17) is 22.9 Å². The highest BCUT2D eigenvalue weighted by atomic mass is 14.7. The maximum absolute atomic E-state index is 5.74. The molecule has 17 heavy (non-hydrogen) atoms. The van der Waals surface area contributed by atoms with Crippen molar-refractivity contribution in [3.63, 3.8) is 0 Å². The van der Waals surface area contributed by atoms with Crippen molar-refractivity contribution in [3.8, 4) is 0 Å². The second-order valence-electron chi connectivity index (χ2n) is 3.92. The smallest absolute Gasteiger partial charge is 0.191 e. The molecule has 0 amide bonds. The first kappa shape index (κ1) is 11.2. The average molecular weight is 225 g/mol. The van der Waals surface area contributed by atoms with Crippen molar-refractivity contribution in [2.45, 2.75) is 0 Å². The van der Waals surface area contributed by atoms with Gasteiger partial charge in [0.2, 0.25) is 0 Å². The number of nitrogen functional groups attached to an aromatic ring is 4. The van der Waals surface area contributed by atoms with Crippen LogP contribution < -0.4 is 33.9 Å². The van der Waals surface area contributed by atoms with Gasteiger partial charge in [0.15, 0.2) is 7.28 Å². The topological polar surface area (TPSA) is 104 Å². The van der Waals surface area contributed by atoms with Gasteiger partial charge in [-0.05, 0) is 24.3 Å². The van der Waals surface area contributed by atoms with Crippen LogP contribution in [0.1, 0.15) is 0 Å². The minimum absolute atomic E-state index is 0.571. The zero-order valence-electron chi connectivity index (χ0n) is 9.35. The number of benzene rings is 2. The Balaban J connectivity index is 2.25. The lowest BCUT2D eigenvalue weighted by atomic mass is 9.64.